The van der Waals surface area contributed by atoms with Crippen molar-refractivity contribution in [1.82, 2.24) is 0 Å². The minimum Gasteiger partial charge on any atom is -0.741 e. The molecular weight excluding hydrogens is 573 g/mol. The fourth-order valence-electron chi connectivity index (χ4n) is 6.36. The minimum absolute atomic E-state index is 0.796. The Hall–Kier alpha value is -3.53. The van der Waals surface area contributed by atoms with E-state index in [4.69, 9.17) is 18.7 Å². The van der Waals surface area contributed by atoms with Crippen LogP contribution in [-0.2, 0) is 42.3 Å². The largest absolute Gasteiger partial charge is 0.741 e. The fraction of sp³-hybridized carbons (Fsp3) is 0.324. The zero-order chi connectivity index (χ0) is 30.6. The molecule has 226 valence electrons. The van der Waals surface area contributed by atoms with Crippen molar-refractivity contribution in [3.8, 4) is 33.6 Å². The summed E-state index contributed by atoms with van der Waals surface area (Å²) in [5.74, 6) is 0. The number of pyridine rings is 1. The van der Waals surface area contributed by atoms with E-state index >= 15 is 0 Å². The average molecular weight is 609 g/mol. The van der Waals surface area contributed by atoms with Crippen molar-refractivity contribution in [2.75, 3.05) is 6.54 Å². The first-order valence-electron chi connectivity index (χ1n) is 14.7. The topological polar surface area (TPSA) is 87.1 Å². The maximum atomic E-state index is 10.7. The van der Waals surface area contributed by atoms with Crippen LogP contribution in [0.5, 0.6) is 0 Å². The van der Waals surface area contributed by atoms with E-state index in [-0.39, 0.29) is 0 Å². The van der Waals surface area contributed by atoms with Gasteiger partial charge in [0, 0.05) is 34.2 Å². The smallest absolute Gasteiger partial charge is 0.485 e. The molecule has 0 atom stereocenters. The highest BCUT2D eigenvalue weighted by molar-refractivity contribution is 7.86. The SMILES string of the molecule is NCCCCCC[n+]1c2c(c(-c3ccccc3)c3c1-c1ccccc1CC3)CCc1ccccc1-2.O=S(=O)([O-])C(F)(F)F. The lowest BCUT2D eigenvalue weighted by Gasteiger charge is -2.28. The normalized spacial score (nSPS) is 13.6. The molecule has 0 radical (unpaired) electrons. The predicted octanol–water partition coefficient (Wildman–Crippen LogP) is 6.74. The number of hydrogen-bond donors (Lipinski definition) is 1. The highest BCUT2D eigenvalue weighted by Crippen LogP contribution is 2.44. The maximum Gasteiger partial charge on any atom is 0.485 e. The number of unbranched alkanes of at least 4 members (excludes halogenated alkanes) is 3. The predicted molar refractivity (Wildman–Crippen MR) is 161 cm³/mol. The summed E-state index contributed by atoms with van der Waals surface area (Å²) < 4.78 is 61.6. The lowest BCUT2D eigenvalue weighted by Crippen LogP contribution is -2.43. The van der Waals surface area contributed by atoms with Crippen LogP contribution in [0, 0.1) is 0 Å². The molecule has 0 saturated heterocycles. The monoisotopic (exact) mass is 608 g/mol. The lowest BCUT2D eigenvalue weighted by molar-refractivity contribution is -0.676. The number of aromatic nitrogens is 1. The first-order valence-corrected chi connectivity index (χ1v) is 16.1. The van der Waals surface area contributed by atoms with Gasteiger partial charge < -0.3 is 10.3 Å². The molecule has 4 aromatic rings. The molecule has 3 aromatic carbocycles. The van der Waals surface area contributed by atoms with Crippen molar-refractivity contribution in [3.63, 3.8) is 0 Å². The van der Waals surface area contributed by atoms with E-state index in [9.17, 15) is 13.2 Å². The van der Waals surface area contributed by atoms with Crippen LogP contribution in [0.15, 0.2) is 78.9 Å². The van der Waals surface area contributed by atoms with Crippen molar-refractivity contribution in [1.29, 1.82) is 0 Å². The molecule has 0 fully saturated rings. The van der Waals surface area contributed by atoms with Gasteiger partial charge in [-0.15, -0.1) is 0 Å². The molecule has 43 heavy (non-hydrogen) atoms. The summed E-state index contributed by atoms with van der Waals surface area (Å²) in [5, 5.41) is 0. The molecule has 2 N–H and O–H groups in total. The van der Waals surface area contributed by atoms with Crippen LogP contribution in [0.2, 0.25) is 0 Å². The molecule has 1 aromatic heterocycles. The summed E-state index contributed by atoms with van der Waals surface area (Å²) in [6, 6.07) is 29.4. The van der Waals surface area contributed by atoms with Crippen LogP contribution < -0.4 is 10.3 Å². The average Bonchev–Trinajstić information content (AvgIpc) is 3.00. The number of hydrogen-bond acceptors (Lipinski definition) is 4. The molecule has 2 aliphatic carbocycles. The number of rotatable bonds is 7. The number of aryl methyl sites for hydroxylation is 2. The highest BCUT2D eigenvalue weighted by atomic mass is 32.2. The molecule has 5 nitrogen and oxygen atoms in total. The first kappa shape index (κ1) is 30.9. The van der Waals surface area contributed by atoms with Gasteiger partial charge in [-0.3, -0.25) is 0 Å². The van der Waals surface area contributed by atoms with Crippen LogP contribution in [0.3, 0.4) is 0 Å². The Kier molecular flexibility index (Phi) is 9.34. The number of benzene rings is 3. The van der Waals surface area contributed by atoms with Crippen molar-refractivity contribution in [2.45, 2.75) is 63.4 Å². The molecule has 0 amide bonds. The number of nitrogens with zero attached hydrogens (tertiary/aromatic N) is 1. The molecule has 9 heteroatoms. The van der Waals surface area contributed by atoms with Gasteiger partial charge in [0.05, 0.1) is 0 Å². The summed E-state index contributed by atoms with van der Waals surface area (Å²) in [6.45, 7) is 1.86. The van der Waals surface area contributed by atoms with Crippen LogP contribution >= 0.6 is 0 Å². The van der Waals surface area contributed by atoms with Crippen LogP contribution in [0.4, 0.5) is 13.2 Å². The first-order chi connectivity index (χ1) is 20.6. The highest BCUT2D eigenvalue weighted by Gasteiger charge is 2.38. The molecule has 6 rings (SSSR count). The molecular formula is C34H35F3N2O3S. The summed E-state index contributed by atoms with van der Waals surface area (Å²) >= 11 is 0. The minimum atomic E-state index is -6.09. The molecule has 2 aliphatic rings. The van der Waals surface area contributed by atoms with Gasteiger partial charge in [-0.25, -0.2) is 8.42 Å². The van der Waals surface area contributed by atoms with E-state index in [0.717, 1.165) is 45.2 Å². The van der Waals surface area contributed by atoms with E-state index in [1.54, 1.807) is 11.1 Å². The maximum absolute atomic E-state index is 10.7. The van der Waals surface area contributed by atoms with E-state index in [0.29, 0.717) is 0 Å². The van der Waals surface area contributed by atoms with Crippen LogP contribution in [-0.4, -0.2) is 25.0 Å². The Morgan fingerprint density at radius 1 is 0.698 bits per heavy atom. The number of nitrogens with two attached hydrogens (primary N) is 1. The molecule has 0 bridgehead atoms. The second-order valence-electron chi connectivity index (χ2n) is 11.0. The number of halogens is 3. The summed E-state index contributed by atoms with van der Waals surface area (Å²) in [7, 11) is -6.09. The Labute approximate surface area is 251 Å². The fourth-order valence-corrected chi connectivity index (χ4v) is 6.36. The zero-order valence-electron chi connectivity index (χ0n) is 23.9. The quantitative estimate of drug-likeness (QED) is 0.109. The summed E-state index contributed by atoms with van der Waals surface area (Å²) in [5.41, 5.74) is 14.8. The van der Waals surface area contributed by atoms with Crippen LogP contribution in [0.25, 0.3) is 33.6 Å². The van der Waals surface area contributed by atoms with Crippen LogP contribution in [0.1, 0.15) is 47.9 Å². The second-order valence-corrected chi connectivity index (χ2v) is 12.3. The van der Waals surface area contributed by atoms with Gasteiger partial charge in [0.1, 0.15) is 6.54 Å². The van der Waals surface area contributed by atoms with Crippen molar-refractivity contribution >= 4 is 10.1 Å². The summed E-state index contributed by atoms with van der Waals surface area (Å²) in [4.78, 5) is 0. The number of fused-ring (bicyclic) bond motifs is 6. The third-order valence-electron chi connectivity index (χ3n) is 8.23. The summed E-state index contributed by atoms with van der Waals surface area (Å²) in [6.07, 6.45) is 9.23. The molecule has 0 spiro atoms. The van der Waals surface area contributed by atoms with Crippen molar-refractivity contribution in [2.24, 2.45) is 5.73 Å². The van der Waals surface area contributed by atoms with Gasteiger partial charge in [0.25, 0.3) is 0 Å². The molecule has 0 aliphatic heterocycles. The Bertz CT molecular complexity index is 1630. The Balaban J connectivity index is 0.000000407. The van der Waals surface area contributed by atoms with Crippen molar-refractivity contribution < 1.29 is 30.7 Å². The zero-order valence-corrected chi connectivity index (χ0v) is 24.7. The standard InChI is InChI=1S/C33H35N2.CHF3O3S/c34-22-10-1-2-11-23-35-32-27-16-8-6-12-24(27)18-20-29(32)31(26-14-4-3-5-15-26)30-21-19-25-13-7-9-17-28(25)33(30)35;2-1(3,4)8(5,6)7/h3-9,12-17H,1-2,10-11,18-23,34H2;(H,5,6,7)/q+1;/p-1. The van der Waals surface area contributed by atoms with Gasteiger partial charge in [-0.1, -0.05) is 73.2 Å². The van der Waals surface area contributed by atoms with Gasteiger partial charge in [0.2, 0.25) is 11.4 Å². The van der Waals surface area contributed by atoms with E-state index in [1.807, 2.05) is 0 Å². The van der Waals surface area contributed by atoms with E-state index in [1.165, 1.54) is 64.0 Å². The van der Waals surface area contributed by atoms with E-state index < -0.39 is 15.6 Å². The third kappa shape index (κ3) is 6.54. The molecule has 0 unspecified atom stereocenters. The number of alkyl halides is 3. The molecule has 0 saturated carbocycles. The molecule has 1 heterocycles. The van der Waals surface area contributed by atoms with Gasteiger partial charge in [-0.05, 0) is 73.9 Å². The Morgan fingerprint density at radius 3 is 1.65 bits per heavy atom. The lowest BCUT2D eigenvalue weighted by atomic mass is 9.77. The Morgan fingerprint density at radius 2 is 1.16 bits per heavy atom. The second kappa shape index (κ2) is 13.0. The third-order valence-corrected chi connectivity index (χ3v) is 8.80. The van der Waals surface area contributed by atoms with Gasteiger partial charge >= 0.3 is 5.51 Å². The van der Waals surface area contributed by atoms with Crippen molar-refractivity contribution in [3.05, 3.63) is 101 Å². The van der Waals surface area contributed by atoms with Gasteiger partial charge in [0.15, 0.2) is 10.1 Å². The van der Waals surface area contributed by atoms with Gasteiger partial charge in [-0.2, -0.15) is 17.7 Å². The van der Waals surface area contributed by atoms with E-state index in [2.05, 4.69) is 83.4 Å².